The Morgan fingerprint density at radius 2 is 0.680 bits per heavy atom. The molecule has 0 unspecified atom stereocenters. The molecule has 14 rings (SSSR count). The lowest BCUT2D eigenvalue weighted by Crippen LogP contribution is -1.99. The lowest BCUT2D eigenvalue weighted by atomic mass is 9.96. The highest BCUT2D eigenvalue weighted by molar-refractivity contribution is 6.14. The van der Waals surface area contributed by atoms with Gasteiger partial charge >= 0.3 is 0 Å². The zero-order valence-electron chi connectivity index (χ0n) is 40.0. The second-order valence-corrected chi connectivity index (χ2v) is 18.7. The molecular formula is C67H38N8. The molecule has 10 aromatic carbocycles. The fourth-order valence-corrected chi connectivity index (χ4v) is 11.2. The lowest BCUT2D eigenvalue weighted by Gasteiger charge is -2.13. The van der Waals surface area contributed by atoms with Crippen LogP contribution in [-0.4, -0.2) is 23.7 Å². The highest BCUT2D eigenvalue weighted by atomic mass is 15.0. The van der Waals surface area contributed by atoms with Gasteiger partial charge in [0.15, 0.2) is 5.82 Å². The van der Waals surface area contributed by atoms with E-state index in [2.05, 4.69) is 190 Å². The number of rotatable bonds is 7. The first-order chi connectivity index (χ1) is 37.1. The first-order valence-corrected chi connectivity index (χ1v) is 24.7. The molecular weight excluding hydrogens is 917 g/mol. The van der Waals surface area contributed by atoms with Crippen LogP contribution >= 0.6 is 0 Å². The summed E-state index contributed by atoms with van der Waals surface area (Å²) in [4.78, 5) is 9.85. The number of hydrogen-bond acceptors (Lipinski definition) is 5. The van der Waals surface area contributed by atoms with E-state index in [1.54, 1.807) is 18.2 Å². The number of aromatic nitrogens is 5. The van der Waals surface area contributed by atoms with Crippen molar-refractivity contribution in [2.24, 2.45) is 0 Å². The Balaban J connectivity index is 0.907. The SMILES string of the molecule is N#Cc1cc(-c2cc(-c3ccccc3C#N)nc(-c3ccccc3C#N)n2)ccc1-c1ccc(-n2c3ccc(-n4c5ccccc5c5ccccc54)cc3c3cc(-n4c5ccccc5c5ccccc54)ccc32)cc1. The summed E-state index contributed by atoms with van der Waals surface area (Å²) in [6, 6.07) is 85.7. The standard InChI is InChI=1S/C67H38N8/c68-39-44-13-1-3-15-51(44)60-38-59(71-67(72-60)52-16-4-2-14-45(52)40-69)43-27-32-50(46(35-43)41-70)42-25-28-47(29-26-42)73-65-33-30-48(74-61-21-9-5-17-53(61)54-18-6-10-22-62(54)74)36-57(65)58-37-49(31-34-66(58)73)75-63-23-11-7-19-55(63)56-20-8-12-24-64(56)75/h1-38H. The number of benzene rings is 10. The average Bonchev–Trinajstić information content (AvgIpc) is 4.15. The Morgan fingerprint density at radius 1 is 0.280 bits per heavy atom. The quantitative estimate of drug-likeness (QED) is 0.158. The molecule has 0 N–H and O–H groups in total. The summed E-state index contributed by atoms with van der Waals surface area (Å²) < 4.78 is 7.09. The van der Waals surface area contributed by atoms with Gasteiger partial charge in [-0.15, -0.1) is 0 Å². The molecule has 0 bridgehead atoms. The molecule has 8 heteroatoms. The van der Waals surface area contributed by atoms with Crippen molar-refractivity contribution in [1.29, 1.82) is 15.8 Å². The Labute approximate surface area is 430 Å². The van der Waals surface area contributed by atoms with Crippen LogP contribution in [0.3, 0.4) is 0 Å². The van der Waals surface area contributed by atoms with Crippen LogP contribution in [0.4, 0.5) is 0 Å². The van der Waals surface area contributed by atoms with Gasteiger partial charge < -0.3 is 13.7 Å². The summed E-state index contributed by atoms with van der Waals surface area (Å²) in [5.41, 5.74) is 16.0. The highest BCUT2D eigenvalue weighted by Gasteiger charge is 2.21. The van der Waals surface area contributed by atoms with E-state index >= 15 is 0 Å². The van der Waals surface area contributed by atoms with Gasteiger partial charge in [0.25, 0.3) is 0 Å². The van der Waals surface area contributed by atoms with E-state index in [4.69, 9.17) is 9.97 Å². The van der Waals surface area contributed by atoms with Crippen molar-refractivity contribution in [1.82, 2.24) is 23.7 Å². The number of fused-ring (bicyclic) bond motifs is 9. The van der Waals surface area contributed by atoms with Crippen molar-refractivity contribution in [3.05, 3.63) is 247 Å². The number of para-hydroxylation sites is 4. The predicted molar refractivity (Wildman–Crippen MR) is 301 cm³/mol. The van der Waals surface area contributed by atoms with Crippen LogP contribution in [0, 0.1) is 34.0 Å². The molecule has 0 aliphatic heterocycles. The van der Waals surface area contributed by atoms with E-state index in [1.807, 2.05) is 54.6 Å². The summed E-state index contributed by atoms with van der Waals surface area (Å²) in [7, 11) is 0. The van der Waals surface area contributed by atoms with E-state index in [1.165, 1.54) is 21.5 Å². The predicted octanol–water partition coefficient (Wildman–Crippen LogP) is 16.1. The Kier molecular flexibility index (Phi) is 9.85. The third-order valence-corrected chi connectivity index (χ3v) is 14.6. The topological polar surface area (TPSA) is 112 Å². The summed E-state index contributed by atoms with van der Waals surface area (Å²) in [5.74, 6) is 0.349. The Hall–Kier alpha value is -10.9. The second-order valence-electron chi connectivity index (χ2n) is 18.7. The molecule has 0 radical (unpaired) electrons. The van der Waals surface area contributed by atoms with Gasteiger partial charge in [0.05, 0.1) is 79.4 Å². The van der Waals surface area contributed by atoms with Crippen LogP contribution in [0.2, 0.25) is 0 Å². The second kappa shape index (κ2) is 17.2. The van der Waals surface area contributed by atoms with Gasteiger partial charge in [-0.2, -0.15) is 15.8 Å². The molecule has 0 spiro atoms. The molecule has 75 heavy (non-hydrogen) atoms. The monoisotopic (exact) mass is 954 g/mol. The average molecular weight is 955 g/mol. The maximum absolute atomic E-state index is 10.7. The maximum Gasteiger partial charge on any atom is 0.161 e. The third-order valence-electron chi connectivity index (χ3n) is 14.6. The molecule has 346 valence electrons. The van der Waals surface area contributed by atoms with Crippen molar-refractivity contribution >= 4 is 65.4 Å². The van der Waals surface area contributed by atoms with Gasteiger partial charge in [0, 0.05) is 66.1 Å². The molecule has 0 saturated heterocycles. The smallest absolute Gasteiger partial charge is 0.161 e. The zero-order chi connectivity index (χ0) is 50.1. The molecule has 4 aromatic heterocycles. The number of nitriles is 3. The highest BCUT2D eigenvalue weighted by Crippen LogP contribution is 2.41. The molecule has 8 nitrogen and oxygen atoms in total. The van der Waals surface area contributed by atoms with Crippen LogP contribution in [-0.2, 0) is 0 Å². The number of nitrogens with zero attached hydrogens (tertiary/aromatic N) is 8. The van der Waals surface area contributed by atoms with Gasteiger partial charge in [-0.1, -0.05) is 127 Å². The molecule has 4 heterocycles. The minimum absolute atomic E-state index is 0.349. The van der Waals surface area contributed by atoms with Crippen molar-refractivity contribution in [3.63, 3.8) is 0 Å². The maximum atomic E-state index is 10.7. The van der Waals surface area contributed by atoms with E-state index in [0.29, 0.717) is 50.6 Å². The first kappa shape index (κ1) is 43.0. The van der Waals surface area contributed by atoms with E-state index < -0.39 is 0 Å². The Morgan fingerprint density at radius 3 is 1.20 bits per heavy atom. The van der Waals surface area contributed by atoms with Crippen LogP contribution in [0.25, 0.3) is 128 Å². The van der Waals surface area contributed by atoms with Gasteiger partial charge in [-0.25, -0.2) is 9.97 Å². The van der Waals surface area contributed by atoms with Crippen LogP contribution in [0.5, 0.6) is 0 Å². The Bertz CT molecular complexity index is 4460. The van der Waals surface area contributed by atoms with E-state index in [-0.39, 0.29) is 0 Å². The van der Waals surface area contributed by atoms with E-state index in [9.17, 15) is 15.8 Å². The molecule has 0 saturated carbocycles. The fraction of sp³-hybridized carbons (Fsp3) is 0. The summed E-state index contributed by atoms with van der Waals surface area (Å²) >= 11 is 0. The summed E-state index contributed by atoms with van der Waals surface area (Å²) in [6.45, 7) is 0. The van der Waals surface area contributed by atoms with Crippen molar-refractivity contribution in [2.45, 2.75) is 0 Å². The van der Waals surface area contributed by atoms with Crippen molar-refractivity contribution in [3.8, 4) is 80.3 Å². The minimum atomic E-state index is 0.349. The molecule has 0 aliphatic rings. The lowest BCUT2D eigenvalue weighted by molar-refractivity contribution is 1.16. The molecule has 0 aliphatic carbocycles. The molecule has 14 aromatic rings. The van der Waals surface area contributed by atoms with Crippen LogP contribution in [0.1, 0.15) is 16.7 Å². The zero-order valence-corrected chi connectivity index (χ0v) is 40.0. The van der Waals surface area contributed by atoms with Crippen molar-refractivity contribution < 1.29 is 0 Å². The van der Waals surface area contributed by atoms with Gasteiger partial charge in [-0.3, -0.25) is 0 Å². The normalized spacial score (nSPS) is 11.4. The largest absolute Gasteiger partial charge is 0.309 e. The van der Waals surface area contributed by atoms with Gasteiger partial charge in [-0.05, 0) is 114 Å². The summed E-state index contributed by atoms with van der Waals surface area (Å²) in [5, 5.41) is 37.9. The van der Waals surface area contributed by atoms with Crippen LogP contribution < -0.4 is 0 Å². The van der Waals surface area contributed by atoms with Crippen molar-refractivity contribution in [2.75, 3.05) is 0 Å². The number of hydrogen-bond donors (Lipinski definition) is 0. The molecule has 0 atom stereocenters. The molecule has 0 fully saturated rings. The van der Waals surface area contributed by atoms with E-state index in [0.717, 1.165) is 72.1 Å². The molecule has 0 amide bonds. The van der Waals surface area contributed by atoms with Gasteiger partial charge in [0.1, 0.15) is 0 Å². The first-order valence-electron chi connectivity index (χ1n) is 24.7. The summed E-state index contributed by atoms with van der Waals surface area (Å²) in [6.07, 6.45) is 0. The van der Waals surface area contributed by atoms with Crippen LogP contribution in [0.15, 0.2) is 231 Å². The van der Waals surface area contributed by atoms with Gasteiger partial charge in [0.2, 0.25) is 0 Å². The third kappa shape index (κ3) is 6.81. The minimum Gasteiger partial charge on any atom is -0.309 e. The fourth-order valence-electron chi connectivity index (χ4n) is 11.2.